The van der Waals surface area contributed by atoms with Crippen LogP contribution in [0, 0.1) is 0 Å². The molecular weight excluding hydrogens is 248 g/mol. The number of aromatic nitrogens is 3. The summed E-state index contributed by atoms with van der Waals surface area (Å²) in [6, 6.07) is 8.52. The van der Waals surface area contributed by atoms with Gasteiger partial charge >= 0.3 is 0 Å². The van der Waals surface area contributed by atoms with E-state index in [2.05, 4.69) is 55.3 Å². The van der Waals surface area contributed by atoms with Crippen LogP contribution in [-0.2, 0) is 13.0 Å². The molecule has 0 aliphatic rings. The Morgan fingerprint density at radius 1 is 1.10 bits per heavy atom. The minimum atomic E-state index is 0.443. The summed E-state index contributed by atoms with van der Waals surface area (Å²) in [5, 5.41) is 8.57. The lowest BCUT2D eigenvalue weighted by molar-refractivity contribution is 0.590. The Kier molecular flexibility index (Phi) is 4.90. The average Bonchev–Trinajstić information content (AvgIpc) is 2.92. The number of rotatable bonds is 6. The maximum absolute atomic E-state index is 5.82. The highest BCUT2D eigenvalue weighted by molar-refractivity contribution is 5.37. The van der Waals surface area contributed by atoms with Crippen LogP contribution in [0.2, 0.25) is 0 Å². The molecular formula is C16H24N4. The molecule has 108 valence electrons. The maximum Gasteiger partial charge on any atom is 0.100 e. The summed E-state index contributed by atoms with van der Waals surface area (Å²) in [5.41, 5.74) is 10.3. The van der Waals surface area contributed by atoms with Crippen molar-refractivity contribution in [1.82, 2.24) is 15.0 Å². The van der Waals surface area contributed by atoms with Gasteiger partial charge in [0.05, 0.1) is 11.4 Å². The SMILES string of the molecule is CCc1ccc(-n2nnc(CN)c2C(CC)CC)cc1. The summed E-state index contributed by atoms with van der Waals surface area (Å²) in [6.07, 6.45) is 3.19. The second kappa shape index (κ2) is 6.66. The lowest BCUT2D eigenvalue weighted by atomic mass is 9.97. The molecule has 20 heavy (non-hydrogen) atoms. The molecule has 1 heterocycles. The van der Waals surface area contributed by atoms with E-state index in [0.29, 0.717) is 12.5 Å². The molecule has 0 radical (unpaired) electrons. The minimum absolute atomic E-state index is 0.443. The van der Waals surface area contributed by atoms with Crippen molar-refractivity contribution in [2.45, 2.75) is 52.5 Å². The fraction of sp³-hybridized carbons (Fsp3) is 0.500. The summed E-state index contributed by atoms with van der Waals surface area (Å²) in [7, 11) is 0. The highest BCUT2D eigenvalue weighted by Crippen LogP contribution is 2.27. The van der Waals surface area contributed by atoms with Crippen molar-refractivity contribution in [2.24, 2.45) is 5.73 Å². The molecule has 0 amide bonds. The molecule has 0 atom stereocenters. The Morgan fingerprint density at radius 2 is 1.75 bits per heavy atom. The zero-order valence-electron chi connectivity index (χ0n) is 12.6. The second-order valence-corrected chi connectivity index (χ2v) is 5.07. The van der Waals surface area contributed by atoms with Crippen molar-refractivity contribution >= 4 is 0 Å². The van der Waals surface area contributed by atoms with Gasteiger partial charge in [0.2, 0.25) is 0 Å². The standard InChI is InChI=1S/C16H24N4/c1-4-12-7-9-14(10-8-12)20-16(13(5-2)6-3)15(11-17)18-19-20/h7-10,13H,4-6,11,17H2,1-3H3. The van der Waals surface area contributed by atoms with Crippen molar-refractivity contribution < 1.29 is 0 Å². The van der Waals surface area contributed by atoms with Crippen LogP contribution >= 0.6 is 0 Å². The summed E-state index contributed by atoms with van der Waals surface area (Å²) in [5.74, 6) is 0.453. The van der Waals surface area contributed by atoms with E-state index in [1.807, 2.05) is 4.68 Å². The van der Waals surface area contributed by atoms with Gasteiger partial charge in [-0.3, -0.25) is 0 Å². The smallest absolute Gasteiger partial charge is 0.100 e. The normalized spacial score (nSPS) is 11.2. The molecule has 0 saturated carbocycles. The van der Waals surface area contributed by atoms with Gasteiger partial charge in [-0.05, 0) is 37.0 Å². The van der Waals surface area contributed by atoms with E-state index >= 15 is 0 Å². The Balaban J connectivity index is 2.47. The van der Waals surface area contributed by atoms with E-state index in [1.54, 1.807) is 0 Å². The van der Waals surface area contributed by atoms with E-state index in [0.717, 1.165) is 30.6 Å². The Bertz CT molecular complexity index is 538. The van der Waals surface area contributed by atoms with Crippen molar-refractivity contribution in [1.29, 1.82) is 0 Å². The van der Waals surface area contributed by atoms with Gasteiger partial charge in [-0.2, -0.15) is 0 Å². The molecule has 4 nitrogen and oxygen atoms in total. The van der Waals surface area contributed by atoms with E-state index in [4.69, 9.17) is 5.73 Å². The maximum atomic E-state index is 5.82. The van der Waals surface area contributed by atoms with E-state index in [1.165, 1.54) is 11.3 Å². The van der Waals surface area contributed by atoms with Crippen LogP contribution in [0.1, 0.15) is 56.5 Å². The van der Waals surface area contributed by atoms with Crippen molar-refractivity contribution in [3.05, 3.63) is 41.2 Å². The number of aryl methyl sites for hydroxylation is 1. The van der Waals surface area contributed by atoms with Crippen LogP contribution in [0.25, 0.3) is 5.69 Å². The summed E-state index contributed by atoms with van der Waals surface area (Å²) in [4.78, 5) is 0. The molecule has 1 aromatic carbocycles. The van der Waals surface area contributed by atoms with Gasteiger partial charge in [-0.15, -0.1) is 5.10 Å². The third-order valence-electron chi connectivity index (χ3n) is 3.93. The number of hydrogen-bond acceptors (Lipinski definition) is 3. The molecule has 0 aliphatic carbocycles. The lowest BCUT2D eigenvalue weighted by Crippen LogP contribution is -2.10. The van der Waals surface area contributed by atoms with E-state index < -0.39 is 0 Å². The molecule has 0 spiro atoms. The molecule has 2 aromatic rings. The van der Waals surface area contributed by atoms with Gasteiger partial charge in [0.25, 0.3) is 0 Å². The third-order valence-corrected chi connectivity index (χ3v) is 3.93. The molecule has 4 heteroatoms. The van der Waals surface area contributed by atoms with Crippen molar-refractivity contribution in [3.63, 3.8) is 0 Å². The molecule has 0 saturated heterocycles. The largest absolute Gasteiger partial charge is 0.325 e. The van der Waals surface area contributed by atoms with Crippen molar-refractivity contribution in [2.75, 3.05) is 0 Å². The first kappa shape index (κ1) is 14.7. The fourth-order valence-corrected chi connectivity index (χ4v) is 2.61. The van der Waals surface area contributed by atoms with Crippen molar-refractivity contribution in [3.8, 4) is 5.69 Å². The van der Waals surface area contributed by atoms with E-state index in [-0.39, 0.29) is 0 Å². The fourth-order valence-electron chi connectivity index (χ4n) is 2.61. The Labute approximate surface area is 121 Å². The average molecular weight is 272 g/mol. The van der Waals surface area contributed by atoms with Gasteiger partial charge < -0.3 is 5.73 Å². The molecule has 1 aromatic heterocycles. The summed E-state index contributed by atoms with van der Waals surface area (Å²) >= 11 is 0. The van der Waals surface area contributed by atoms with Gasteiger partial charge in [0.1, 0.15) is 5.69 Å². The number of nitrogens with two attached hydrogens (primary N) is 1. The quantitative estimate of drug-likeness (QED) is 0.878. The zero-order chi connectivity index (χ0) is 14.5. The number of nitrogens with zero attached hydrogens (tertiary/aromatic N) is 3. The minimum Gasteiger partial charge on any atom is -0.325 e. The van der Waals surface area contributed by atoms with Crippen LogP contribution in [0.4, 0.5) is 0 Å². The molecule has 2 rings (SSSR count). The molecule has 0 bridgehead atoms. The zero-order valence-corrected chi connectivity index (χ0v) is 12.6. The number of benzene rings is 1. The second-order valence-electron chi connectivity index (χ2n) is 5.07. The van der Waals surface area contributed by atoms with Gasteiger partial charge in [0.15, 0.2) is 0 Å². The predicted octanol–water partition coefficient (Wildman–Crippen LogP) is 3.19. The van der Waals surface area contributed by atoms with Crippen LogP contribution < -0.4 is 5.73 Å². The number of hydrogen-bond donors (Lipinski definition) is 1. The molecule has 0 aliphatic heterocycles. The van der Waals surface area contributed by atoms with Crippen LogP contribution in [0.3, 0.4) is 0 Å². The summed E-state index contributed by atoms with van der Waals surface area (Å²) < 4.78 is 1.96. The van der Waals surface area contributed by atoms with Gasteiger partial charge in [-0.1, -0.05) is 38.1 Å². The van der Waals surface area contributed by atoms with Crippen LogP contribution in [0.15, 0.2) is 24.3 Å². The molecule has 0 fully saturated rings. The lowest BCUT2D eigenvalue weighted by Gasteiger charge is -2.16. The van der Waals surface area contributed by atoms with E-state index in [9.17, 15) is 0 Å². The summed E-state index contributed by atoms with van der Waals surface area (Å²) in [6.45, 7) is 7.00. The molecule has 2 N–H and O–H groups in total. The van der Waals surface area contributed by atoms with Gasteiger partial charge in [0, 0.05) is 12.5 Å². The monoisotopic (exact) mass is 272 g/mol. The highest BCUT2D eigenvalue weighted by Gasteiger charge is 2.20. The van der Waals surface area contributed by atoms with Crippen LogP contribution in [-0.4, -0.2) is 15.0 Å². The highest BCUT2D eigenvalue weighted by atomic mass is 15.4. The predicted molar refractivity (Wildman–Crippen MR) is 82.0 cm³/mol. The first-order valence-electron chi connectivity index (χ1n) is 7.48. The van der Waals surface area contributed by atoms with Crippen LogP contribution in [0.5, 0.6) is 0 Å². The first-order valence-corrected chi connectivity index (χ1v) is 7.48. The van der Waals surface area contributed by atoms with Gasteiger partial charge in [-0.25, -0.2) is 4.68 Å². The third kappa shape index (κ3) is 2.75. The Hall–Kier alpha value is -1.68. The Morgan fingerprint density at radius 3 is 2.25 bits per heavy atom. The first-order chi connectivity index (χ1) is 9.74. The topological polar surface area (TPSA) is 56.7 Å². The molecule has 0 unspecified atom stereocenters.